The highest BCUT2D eigenvalue weighted by Crippen LogP contribution is 2.32. The van der Waals surface area contributed by atoms with Crippen LogP contribution in [0.25, 0.3) is 0 Å². The fourth-order valence-electron chi connectivity index (χ4n) is 4.06. The fourth-order valence-corrected chi connectivity index (χ4v) is 4.06. The van der Waals surface area contributed by atoms with E-state index in [1.807, 2.05) is 37.3 Å². The predicted octanol–water partition coefficient (Wildman–Crippen LogP) is 2.54. The van der Waals surface area contributed by atoms with Crippen LogP contribution in [0.1, 0.15) is 51.5 Å². The van der Waals surface area contributed by atoms with Crippen LogP contribution in [0.4, 0.5) is 4.79 Å². The molecule has 1 aromatic rings. The molecule has 1 aromatic carbocycles. The summed E-state index contributed by atoms with van der Waals surface area (Å²) >= 11 is 0. The molecule has 26 heavy (non-hydrogen) atoms. The number of nitrogens with zero attached hydrogens (tertiary/aromatic N) is 1. The molecule has 1 heterocycles. The molecule has 1 saturated heterocycles. The lowest BCUT2D eigenvalue weighted by Gasteiger charge is -2.30. The van der Waals surface area contributed by atoms with Gasteiger partial charge >= 0.3 is 6.03 Å². The first-order valence-electron chi connectivity index (χ1n) is 9.47. The third kappa shape index (κ3) is 3.32. The van der Waals surface area contributed by atoms with E-state index in [0.717, 1.165) is 29.7 Å². The molecule has 2 N–H and O–H groups in total. The number of carbonyl (C=O) groups excluding carboxylic acids is 3. The van der Waals surface area contributed by atoms with E-state index in [-0.39, 0.29) is 24.4 Å². The minimum absolute atomic E-state index is 0.127. The van der Waals surface area contributed by atoms with E-state index in [1.54, 1.807) is 0 Å². The van der Waals surface area contributed by atoms with Crippen LogP contribution in [0.3, 0.4) is 0 Å². The monoisotopic (exact) mass is 357 g/mol. The van der Waals surface area contributed by atoms with Crippen LogP contribution in [0.5, 0.6) is 0 Å². The number of urea groups is 1. The van der Waals surface area contributed by atoms with E-state index in [1.165, 1.54) is 6.42 Å². The number of rotatable bonds is 5. The molecule has 6 nitrogen and oxygen atoms in total. The van der Waals surface area contributed by atoms with E-state index < -0.39 is 11.6 Å². The zero-order valence-electron chi connectivity index (χ0n) is 15.5. The summed E-state index contributed by atoms with van der Waals surface area (Å²) in [5.41, 5.74) is -0.346. The lowest BCUT2D eigenvalue weighted by atomic mass is 9.86. The molecular formula is C20H27N3O3. The number of nitrogens with one attached hydrogen (secondary N) is 2. The lowest BCUT2D eigenvalue weighted by Crippen LogP contribution is -2.48. The molecule has 3 atom stereocenters. The second-order valence-electron chi connectivity index (χ2n) is 7.38. The summed E-state index contributed by atoms with van der Waals surface area (Å²) in [6.07, 6.45) is 4.78. The molecule has 3 rings (SSSR count). The summed E-state index contributed by atoms with van der Waals surface area (Å²) in [5, 5.41) is 5.82. The Morgan fingerprint density at radius 3 is 2.58 bits per heavy atom. The third-order valence-electron chi connectivity index (χ3n) is 5.73. The molecule has 0 bridgehead atoms. The van der Waals surface area contributed by atoms with Gasteiger partial charge in [0.15, 0.2) is 0 Å². The van der Waals surface area contributed by atoms with Gasteiger partial charge in [0.2, 0.25) is 5.91 Å². The van der Waals surface area contributed by atoms with Crippen molar-refractivity contribution >= 4 is 17.8 Å². The molecule has 2 aliphatic rings. The van der Waals surface area contributed by atoms with Gasteiger partial charge in [-0.05, 0) is 30.7 Å². The Hall–Kier alpha value is -2.37. The molecule has 0 unspecified atom stereocenters. The topological polar surface area (TPSA) is 78.5 Å². The first kappa shape index (κ1) is 18.4. The van der Waals surface area contributed by atoms with Gasteiger partial charge in [-0.2, -0.15) is 0 Å². The van der Waals surface area contributed by atoms with Gasteiger partial charge in [0.1, 0.15) is 12.1 Å². The van der Waals surface area contributed by atoms with Crippen LogP contribution in [-0.4, -0.2) is 35.3 Å². The van der Waals surface area contributed by atoms with Gasteiger partial charge in [0.25, 0.3) is 5.91 Å². The van der Waals surface area contributed by atoms with Crippen molar-refractivity contribution in [1.29, 1.82) is 0 Å². The largest absolute Gasteiger partial charge is 0.352 e. The van der Waals surface area contributed by atoms with Crippen molar-refractivity contribution < 1.29 is 14.4 Å². The zero-order valence-corrected chi connectivity index (χ0v) is 15.5. The van der Waals surface area contributed by atoms with Crippen LogP contribution in [0, 0.1) is 5.92 Å². The Bertz CT molecular complexity index is 691. The second-order valence-corrected chi connectivity index (χ2v) is 7.38. The molecule has 6 heteroatoms. The summed E-state index contributed by atoms with van der Waals surface area (Å²) in [5.74, 6) is -0.204. The summed E-state index contributed by atoms with van der Waals surface area (Å²) < 4.78 is 0. The number of benzene rings is 1. The number of imide groups is 1. The first-order chi connectivity index (χ1) is 12.5. The van der Waals surface area contributed by atoms with Crippen molar-refractivity contribution in [2.45, 2.75) is 57.5 Å². The third-order valence-corrected chi connectivity index (χ3v) is 5.73. The Balaban J connectivity index is 1.71. The normalized spacial score (nSPS) is 28.8. The Morgan fingerprint density at radius 1 is 1.23 bits per heavy atom. The highest BCUT2D eigenvalue weighted by atomic mass is 16.2. The highest BCUT2D eigenvalue weighted by Gasteiger charge is 2.51. The Morgan fingerprint density at radius 2 is 1.92 bits per heavy atom. The number of amides is 4. The highest BCUT2D eigenvalue weighted by molar-refractivity contribution is 6.09. The molecule has 4 amide bonds. The molecule has 0 radical (unpaired) electrons. The molecule has 1 saturated carbocycles. The van der Waals surface area contributed by atoms with Gasteiger partial charge in [0.05, 0.1) is 0 Å². The average molecular weight is 357 g/mol. The minimum atomic E-state index is -1.09. The maximum absolute atomic E-state index is 13.0. The van der Waals surface area contributed by atoms with Crippen molar-refractivity contribution in [3.8, 4) is 0 Å². The van der Waals surface area contributed by atoms with Gasteiger partial charge in [0, 0.05) is 6.04 Å². The van der Waals surface area contributed by atoms with E-state index in [0.29, 0.717) is 12.3 Å². The quantitative estimate of drug-likeness (QED) is 0.795. The summed E-state index contributed by atoms with van der Waals surface area (Å²) in [7, 11) is 0. The molecular weight excluding hydrogens is 330 g/mol. The van der Waals surface area contributed by atoms with Gasteiger partial charge < -0.3 is 10.6 Å². The van der Waals surface area contributed by atoms with Crippen molar-refractivity contribution in [3.63, 3.8) is 0 Å². The van der Waals surface area contributed by atoms with Gasteiger partial charge in [-0.15, -0.1) is 0 Å². The standard InChI is InChI=1S/C20H27N3O3/c1-3-20(15-10-5-4-6-11-15)18(25)23(19(26)22-20)13-17(24)21-16-12-8-7-9-14(16)2/h4-6,10-11,14,16H,3,7-9,12-13H2,1-2H3,(H,21,24)(H,22,26)/t14-,16+,20-/m1/s1. The lowest BCUT2D eigenvalue weighted by molar-refractivity contribution is -0.135. The van der Waals surface area contributed by atoms with Crippen molar-refractivity contribution in [1.82, 2.24) is 15.5 Å². The SMILES string of the molecule is CC[C@]1(c2ccccc2)NC(=O)N(CC(=O)N[C@H]2CCCC[C@H]2C)C1=O. The van der Waals surface area contributed by atoms with Crippen LogP contribution >= 0.6 is 0 Å². The summed E-state index contributed by atoms with van der Waals surface area (Å²) in [4.78, 5) is 39.0. The molecule has 1 aliphatic heterocycles. The van der Waals surface area contributed by atoms with E-state index in [9.17, 15) is 14.4 Å². The van der Waals surface area contributed by atoms with E-state index >= 15 is 0 Å². The number of carbonyl (C=O) groups is 3. The average Bonchev–Trinajstić information content (AvgIpc) is 2.89. The predicted molar refractivity (Wildman–Crippen MR) is 98.2 cm³/mol. The van der Waals surface area contributed by atoms with Crippen molar-refractivity contribution in [2.24, 2.45) is 5.92 Å². The summed E-state index contributed by atoms with van der Waals surface area (Å²) in [6, 6.07) is 8.82. The second kappa shape index (κ2) is 7.48. The molecule has 2 fully saturated rings. The zero-order chi connectivity index (χ0) is 18.7. The Kier molecular flexibility index (Phi) is 5.30. The molecule has 0 spiro atoms. The number of hydrogen-bond acceptors (Lipinski definition) is 3. The van der Waals surface area contributed by atoms with Gasteiger partial charge in [-0.1, -0.05) is 57.0 Å². The van der Waals surface area contributed by atoms with E-state index in [2.05, 4.69) is 17.6 Å². The smallest absolute Gasteiger partial charge is 0.325 e. The van der Waals surface area contributed by atoms with Gasteiger partial charge in [-0.3, -0.25) is 14.5 Å². The molecule has 140 valence electrons. The van der Waals surface area contributed by atoms with E-state index in [4.69, 9.17) is 0 Å². The van der Waals surface area contributed by atoms with Crippen LogP contribution in [0.15, 0.2) is 30.3 Å². The van der Waals surface area contributed by atoms with Gasteiger partial charge in [-0.25, -0.2) is 4.79 Å². The number of hydrogen-bond donors (Lipinski definition) is 2. The maximum Gasteiger partial charge on any atom is 0.325 e. The maximum atomic E-state index is 13.0. The molecule has 1 aliphatic carbocycles. The fraction of sp³-hybridized carbons (Fsp3) is 0.550. The summed E-state index contributed by atoms with van der Waals surface area (Å²) in [6.45, 7) is 3.76. The van der Waals surface area contributed by atoms with Crippen LogP contribution in [-0.2, 0) is 15.1 Å². The van der Waals surface area contributed by atoms with Crippen LogP contribution in [0.2, 0.25) is 0 Å². The van der Waals surface area contributed by atoms with Crippen molar-refractivity contribution in [2.75, 3.05) is 6.54 Å². The first-order valence-corrected chi connectivity index (χ1v) is 9.47. The van der Waals surface area contributed by atoms with Crippen molar-refractivity contribution in [3.05, 3.63) is 35.9 Å². The molecule has 0 aromatic heterocycles. The van der Waals surface area contributed by atoms with Crippen LogP contribution < -0.4 is 10.6 Å². The minimum Gasteiger partial charge on any atom is -0.352 e. The Labute approximate surface area is 154 Å².